The Balaban J connectivity index is 1.81. The van der Waals surface area contributed by atoms with E-state index in [1.54, 1.807) is 7.11 Å². The van der Waals surface area contributed by atoms with Gasteiger partial charge in [-0.25, -0.2) is 0 Å². The van der Waals surface area contributed by atoms with Crippen molar-refractivity contribution in [1.29, 1.82) is 0 Å². The molecule has 1 heterocycles. The fourth-order valence-corrected chi connectivity index (χ4v) is 3.93. The SMILES string of the molecule is COCC1(O)CC2CCC(C1)C21OCCO1. The van der Waals surface area contributed by atoms with Crippen LogP contribution >= 0.6 is 0 Å². The third-order valence-electron chi connectivity index (χ3n) is 4.41. The molecule has 1 spiro atoms. The van der Waals surface area contributed by atoms with Crippen LogP contribution in [0.3, 0.4) is 0 Å². The summed E-state index contributed by atoms with van der Waals surface area (Å²) in [6.45, 7) is 1.83. The molecule has 2 atom stereocenters. The molecular formula is C12H20O4. The van der Waals surface area contributed by atoms with Crippen LogP contribution in [0.25, 0.3) is 0 Å². The first-order valence-corrected chi connectivity index (χ1v) is 6.18. The summed E-state index contributed by atoms with van der Waals surface area (Å²) in [5.74, 6) is 0.322. The fourth-order valence-electron chi connectivity index (χ4n) is 3.93. The van der Waals surface area contributed by atoms with Crippen LogP contribution in [0, 0.1) is 11.8 Å². The van der Waals surface area contributed by atoms with Crippen LogP contribution in [0.5, 0.6) is 0 Å². The molecular weight excluding hydrogens is 208 g/mol. The molecule has 0 aromatic heterocycles. The summed E-state index contributed by atoms with van der Waals surface area (Å²) in [6.07, 6.45) is 3.71. The first kappa shape index (κ1) is 11.0. The zero-order chi connectivity index (χ0) is 11.2. The highest BCUT2D eigenvalue weighted by Gasteiger charge is 2.61. The lowest BCUT2D eigenvalue weighted by Gasteiger charge is -2.45. The highest BCUT2D eigenvalue weighted by atomic mass is 16.7. The lowest BCUT2D eigenvalue weighted by Crippen LogP contribution is -2.53. The van der Waals surface area contributed by atoms with Gasteiger partial charge in [0, 0.05) is 18.9 Å². The van der Waals surface area contributed by atoms with Crippen molar-refractivity contribution in [2.75, 3.05) is 26.9 Å². The van der Waals surface area contributed by atoms with Crippen molar-refractivity contribution in [3.63, 3.8) is 0 Å². The Morgan fingerprint density at radius 1 is 1.19 bits per heavy atom. The summed E-state index contributed by atoms with van der Waals surface area (Å²) in [5, 5.41) is 10.5. The van der Waals surface area contributed by atoms with E-state index in [1.807, 2.05) is 0 Å². The van der Waals surface area contributed by atoms with E-state index in [2.05, 4.69) is 0 Å². The van der Waals surface area contributed by atoms with E-state index in [0.717, 1.165) is 25.7 Å². The summed E-state index contributed by atoms with van der Waals surface area (Å²) < 4.78 is 16.9. The average molecular weight is 228 g/mol. The molecule has 2 unspecified atom stereocenters. The van der Waals surface area contributed by atoms with E-state index < -0.39 is 5.60 Å². The predicted molar refractivity (Wildman–Crippen MR) is 56.9 cm³/mol. The highest BCUT2D eigenvalue weighted by Crippen LogP contribution is 2.56. The molecule has 1 saturated heterocycles. The molecule has 3 rings (SSSR count). The van der Waals surface area contributed by atoms with Gasteiger partial charge < -0.3 is 19.3 Å². The maximum absolute atomic E-state index is 10.5. The first-order chi connectivity index (χ1) is 7.69. The quantitative estimate of drug-likeness (QED) is 0.763. The molecule has 1 aliphatic heterocycles. The van der Waals surface area contributed by atoms with Crippen molar-refractivity contribution in [3.05, 3.63) is 0 Å². The lowest BCUT2D eigenvalue weighted by molar-refractivity contribution is -0.252. The smallest absolute Gasteiger partial charge is 0.174 e. The predicted octanol–water partition coefficient (Wildman–Crippen LogP) is 0.927. The van der Waals surface area contributed by atoms with Gasteiger partial charge in [-0.05, 0) is 25.7 Å². The number of hydrogen-bond donors (Lipinski definition) is 1. The van der Waals surface area contributed by atoms with E-state index in [4.69, 9.17) is 14.2 Å². The largest absolute Gasteiger partial charge is 0.387 e. The Kier molecular flexibility index (Phi) is 2.51. The third-order valence-corrected chi connectivity index (χ3v) is 4.41. The van der Waals surface area contributed by atoms with Gasteiger partial charge in [0.2, 0.25) is 0 Å². The van der Waals surface area contributed by atoms with Crippen molar-refractivity contribution in [1.82, 2.24) is 0 Å². The second kappa shape index (κ2) is 3.67. The van der Waals surface area contributed by atoms with Gasteiger partial charge in [-0.3, -0.25) is 0 Å². The Labute approximate surface area is 95.9 Å². The fraction of sp³-hybridized carbons (Fsp3) is 1.00. The van der Waals surface area contributed by atoms with E-state index >= 15 is 0 Å². The number of hydrogen-bond acceptors (Lipinski definition) is 4. The molecule has 0 radical (unpaired) electrons. The highest BCUT2D eigenvalue weighted by molar-refractivity contribution is 5.06. The van der Waals surface area contributed by atoms with Crippen LogP contribution in [0.2, 0.25) is 0 Å². The second-order valence-electron chi connectivity index (χ2n) is 5.46. The summed E-state index contributed by atoms with van der Waals surface area (Å²) in [6, 6.07) is 0. The van der Waals surface area contributed by atoms with Crippen molar-refractivity contribution >= 4 is 0 Å². The molecule has 16 heavy (non-hydrogen) atoms. The normalized spacial score (nSPS) is 45.4. The Morgan fingerprint density at radius 3 is 2.25 bits per heavy atom. The van der Waals surface area contributed by atoms with Crippen molar-refractivity contribution in [2.24, 2.45) is 11.8 Å². The lowest BCUT2D eigenvalue weighted by atomic mass is 9.73. The van der Waals surface area contributed by atoms with E-state index in [9.17, 15) is 5.11 Å². The van der Waals surface area contributed by atoms with E-state index in [1.165, 1.54) is 0 Å². The maximum atomic E-state index is 10.5. The van der Waals surface area contributed by atoms with Crippen molar-refractivity contribution in [2.45, 2.75) is 37.1 Å². The van der Waals surface area contributed by atoms with Gasteiger partial charge in [0.15, 0.2) is 5.79 Å². The third kappa shape index (κ3) is 1.44. The van der Waals surface area contributed by atoms with Gasteiger partial charge in [0.25, 0.3) is 0 Å². The van der Waals surface area contributed by atoms with Gasteiger partial charge in [-0.2, -0.15) is 0 Å². The topological polar surface area (TPSA) is 47.9 Å². The van der Waals surface area contributed by atoms with Gasteiger partial charge >= 0.3 is 0 Å². The molecule has 2 bridgehead atoms. The minimum atomic E-state index is -0.666. The number of aliphatic hydroxyl groups is 1. The van der Waals surface area contributed by atoms with E-state index in [-0.39, 0.29) is 5.79 Å². The Morgan fingerprint density at radius 2 is 1.75 bits per heavy atom. The minimum absolute atomic E-state index is 0.342. The van der Waals surface area contributed by atoms with E-state index in [0.29, 0.717) is 31.7 Å². The number of methoxy groups -OCH3 is 1. The molecule has 0 aromatic rings. The van der Waals surface area contributed by atoms with Crippen molar-refractivity contribution < 1.29 is 19.3 Å². The summed E-state index contributed by atoms with van der Waals surface area (Å²) in [4.78, 5) is 0. The van der Waals surface area contributed by atoms with Gasteiger partial charge in [-0.1, -0.05) is 0 Å². The molecule has 3 aliphatic rings. The zero-order valence-electron chi connectivity index (χ0n) is 9.78. The molecule has 1 N–H and O–H groups in total. The van der Waals surface area contributed by atoms with Gasteiger partial charge in [-0.15, -0.1) is 0 Å². The van der Waals surface area contributed by atoms with Gasteiger partial charge in [0.1, 0.15) is 0 Å². The summed E-state index contributed by atoms with van der Waals surface area (Å²) in [5.41, 5.74) is -0.666. The van der Waals surface area contributed by atoms with Crippen LogP contribution in [-0.2, 0) is 14.2 Å². The zero-order valence-corrected chi connectivity index (χ0v) is 9.78. The Bertz CT molecular complexity index is 256. The molecule has 0 aromatic carbocycles. The molecule has 92 valence electrons. The molecule has 0 amide bonds. The Hall–Kier alpha value is -0.160. The van der Waals surface area contributed by atoms with Crippen LogP contribution in [0.4, 0.5) is 0 Å². The van der Waals surface area contributed by atoms with Crippen LogP contribution in [-0.4, -0.2) is 43.4 Å². The van der Waals surface area contributed by atoms with Crippen LogP contribution in [0.15, 0.2) is 0 Å². The number of ether oxygens (including phenoxy) is 3. The molecule has 3 fully saturated rings. The van der Waals surface area contributed by atoms with Crippen molar-refractivity contribution in [3.8, 4) is 0 Å². The first-order valence-electron chi connectivity index (χ1n) is 6.18. The van der Waals surface area contributed by atoms with Crippen LogP contribution in [0.1, 0.15) is 25.7 Å². The van der Waals surface area contributed by atoms with Crippen LogP contribution < -0.4 is 0 Å². The molecule has 4 heteroatoms. The van der Waals surface area contributed by atoms with Gasteiger partial charge in [0.05, 0.1) is 25.4 Å². The maximum Gasteiger partial charge on any atom is 0.174 e. The molecule has 4 nitrogen and oxygen atoms in total. The number of rotatable bonds is 2. The standard InChI is InChI=1S/C12H20O4/c1-14-8-11(13)6-9-2-3-10(7-11)12(9)15-4-5-16-12/h9-10,13H,2-8H2,1H3. The molecule has 2 aliphatic carbocycles. The monoisotopic (exact) mass is 228 g/mol. The summed E-state index contributed by atoms with van der Waals surface area (Å²) in [7, 11) is 1.65. The minimum Gasteiger partial charge on any atom is -0.387 e. The summed E-state index contributed by atoms with van der Waals surface area (Å²) >= 11 is 0. The molecule has 2 saturated carbocycles. The average Bonchev–Trinajstić information content (AvgIpc) is 2.78. The second-order valence-corrected chi connectivity index (χ2v) is 5.46.